The van der Waals surface area contributed by atoms with E-state index in [1.54, 1.807) is 6.21 Å². The number of morpholine rings is 1. The van der Waals surface area contributed by atoms with Gasteiger partial charge in [0.25, 0.3) is 5.91 Å². The third kappa shape index (κ3) is 6.51. The summed E-state index contributed by atoms with van der Waals surface area (Å²) in [5.41, 5.74) is 5.82. The van der Waals surface area contributed by atoms with Crippen molar-refractivity contribution in [2.24, 2.45) is 5.10 Å². The molecule has 142 valence electrons. The van der Waals surface area contributed by atoms with E-state index in [0.717, 1.165) is 30.0 Å². The number of aryl methyl sites for hydroxylation is 1. The van der Waals surface area contributed by atoms with Crippen LogP contribution in [0.25, 0.3) is 0 Å². The first-order chi connectivity index (χ1) is 13.2. The first-order valence-electron chi connectivity index (χ1n) is 9.09. The summed E-state index contributed by atoms with van der Waals surface area (Å²) in [6, 6.07) is 15.9. The van der Waals surface area contributed by atoms with Gasteiger partial charge in [-0.3, -0.25) is 9.69 Å². The molecule has 0 saturated carbocycles. The van der Waals surface area contributed by atoms with Crippen LogP contribution in [0.4, 0.5) is 0 Å². The highest BCUT2D eigenvalue weighted by molar-refractivity contribution is 5.83. The zero-order valence-corrected chi connectivity index (χ0v) is 15.6. The highest BCUT2D eigenvalue weighted by atomic mass is 16.5. The van der Waals surface area contributed by atoms with Crippen LogP contribution in [0.5, 0.6) is 5.75 Å². The number of hydrogen-bond acceptors (Lipinski definition) is 5. The maximum atomic E-state index is 11.9. The summed E-state index contributed by atoms with van der Waals surface area (Å²) in [7, 11) is 0. The van der Waals surface area contributed by atoms with Crippen molar-refractivity contribution in [1.29, 1.82) is 0 Å². The average Bonchev–Trinajstić information content (AvgIpc) is 2.69. The van der Waals surface area contributed by atoms with Crippen molar-refractivity contribution >= 4 is 12.1 Å². The molecule has 6 heteroatoms. The lowest BCUT2D eigenvalue weighted by atomic mass is 10.2. The number of nitrogens with one attached hydrogen (secondary N) is 1. The van der Waals surface area contributed by atoms with Gasteiger partial charge in [0.2, 0.25) is 0 Å². The van der Waals surface area contributed by atoms with Crippen LogP contribution >= 0.6 is 0 Å². The molecular weight excluding hydrogens is 342 g/mol. The fourth-order valence-corrected chi connectivity index (χ4v) is 2.68. The molecule has 1 amide bonds. The Kier molecular flexibility index (Phi) is 6.96. The molecule has 0 aliphatic carbocycles. The number of rotatable bonds is 7. The number of amides is 1. The molecule has 0 bridgehead atoms. The van der Waals surface area contributed by atoms with Crippen molar-refractivity contribution in [2.45, 2.75) is 13.5 Å². The molecule has 6 nitrogen and oxygen atoms in total. The lowest BCUT2D eigenvalue weighted by Crippen LogP contribution is -2.42. The molecule has 2 aromatic carbocycles. The first-order valence-corrected chi connectivity index (χ1v) is 9.09. The Hall–Kier alpha value is -2.70. The smallest absolute Gasteiger partial charge is 0.254 e. The van der Waals surface area contributed by atoms with Crippen LogP contribution < -0.4 is 10.2 Å². The van der Waals surface area contributed by atoms with Gasteiger partial charge in [0, 0.05) is 13.1 Å². The number of benzene rings is 2. The van der Waals surface area contributed by atoms with Crippen LogP contribution in [-0.4, -0.2) is 49.9 Å². The van der Waals surface area contributed by atoms with Gasteiger partial charge in [-0.15, -0.1) is 0 Å². The van der Waals surface area contributed by atoms with E-state index in [1.807, 2.05) is 24.3 Å². The minimum atomic E-state index is -0.119. The molecule has 1 aliphatic heterocycles. The van der Waals surface area contributed by atoms with Crippen molar-refractivity contribution in [3.05, 3.63) is 65.2 Å². The number of carbonyl (C=O) groups is 1. The lowest BCUT2D eigenvalue weighted by molar-refractivity contribution is -0.123. The normalized spacial score (nSPS) is 15.0. The number of hydrogen-bond donors (Lipinski definition) is 1. The van der Waals surface area contributed by atoms with E-state index in [1.165, 1.54) is 5.56 Å². The maximum Gasteiger partial charge on any atom is 0.254 e. The molecule has 3 rings (SSSR count). The van der Waals surface area contributed by atoms with Crippen molar-refractivity contribution in [3.8, 4) is 5.75 Å². The monoisotopic (exact) mass is 367 g/mol. The van der Waals surface area contributed by atoms with Gasteiger partial charge in [-0.25, -0.2) is 5.43 Å². The summed E-state index contributed by atoms with van der Waals surface area (Å²) >= 11 is 0. The number of hydrazone groups is 1. The van der Waals surface area contributed by atoms with Crippen LogP contribution in [-0.2, 0) is 16.1 Å². The SMILES string of the molecule is Cc1ccc(COc2ccc(/C=N\NC(=O)CN3CCOCC3)cc2)cc1. The van der Waals surface area contributed by atoms with E-state index >= 15 is 0 Å². The third-order valence-corrected chi connectivity index (χ3v) is 4.28. The van der Waals surface area contributed by atoms with Gasteiger partial charge < -0.3 is 9.47 Å². The Morgan fingerprint density at radius 3 is 2.56 bits per heavy atom. The highest BCUT2D eigenvalue weighted by Gasteiger charge is 2.13. The quantitative estimate of drug-likeness (QED) is 0.603. The van der Waals surface area contributed by atoms with Gasteiger partial charge in [0.15, 0.2) is 0 Å². The second-order valence-corrected chi connectivity index (χ2v) is 6.53. The Bertz CT molecular complexity index is 751. The zero-order chi connectivity index (χ0) is 18.9. The van der Waals surface area contributed by atoms with Gasteiger partial charge >= 0.3 is 0 Å². The summed E-state index contributed by atoms with van der Waals surface area (Å²) in [6.07, 6.45) is 1.63. The molecular formula is C21H25N3O3. The fourth-order valence-electron chi connectivity index (χ4n) is 2.68. The van der Waals surface area contributed by atoms with Crippen molar-refractivity contribution in [2.75, 3.05) is 32.8 Å². The van der Waals surface area contributed by atoms with Crippen LogP contribution in [0.2, 0.25) is 0 Å². The van der Waals surface area contributed by atoms with Crippen molar-refractivity contribution in [1.82, 2.24) is 10.3 Å². The third-order valence-electron chi connectivity index (χ3n) is 4.28. The van der Waals surface area contributed by atoms with Crippen LogP contribution in [0, 0.1) is 6.92 Å². The molecule has 0 unspecified atom stereocenters. The van der Waals surface area contributed by atoms with E-state index < -0.39 is 0 Å². The lowest BCUT2D eigenvalue weighted by Gasteiger charge is -2.25. The highest BCUT2D eigenvalue weighted by Crippen LogP contribution is 2.14. The molecule has 0 atom stereocenters. The Morgan fingerprint density at radius 1 is 1.15 bits per heavy atom. The zero-order valence-electron chi connectivity index (χ0n) is 15.6. The van der Waals surface area contributed by atoms with Crippen LogP contribution in [0.1, 0.15) is 16.7 Å². The molecule has 1 saturated heterocycles. The van der Waals surface area contributed by atoms with Gasteiger partial charge in [-0.2, -0.15) is 5.10 Å². The minimum absolute atomic E-state index is 0.119. The number of nitrogens with zero attached hydrogens (tertiary/aromatic N) is 2. The average molecular weight is 367 g/mol. The topological polar surface area (TPSA) is 63.2 Å². The van der Waals surface area contributed by atoms with Gasteiger partial charge in [-0.05, 0) is 42.3 Å². The van der Waals surface area contributed by atoms with Gasteiger partial charge in [0.05, 0.1) is 26.0 Å². The molecule has 1 heterocycles. The van der Waals surface area contributed by atoms with E-state index in [2.05, 4.69) is 46.6 Å². The Labute approximate surface area is 159 Å². The van der Waals surface area contributed by atoms with Gasteiger partial charge in [0.1, 0.15) is 12.4 Å². The van der Waals surface area contributed by atoms with Crippen LogP contribution in [0.3, 0.4) is 0 Å². The number of ether oxygens (including phenoxy) is 2. The summed E-state index contributed by atoms with van der Waals surface area (Å²) < 4.78 is 11.0. The molecule has 2 aromatic rings. The van der Waals surface area contributed by atoms with E-state index in [0.29, 0.717) is 26.4 Å². The number of carbonyl (C=O) groups excluding carboxylic acids is 1. The first kappa shape index (κ1) is 19.1. The van der Waals surface area contributed by atoms with E-state index in [4.69, 9.17) is 9.47 Å². The molecule has 1 N–H and O–H groups in total. The van der Waals surface area contributed by atoms with Gasteiger partial charge in [-0.1, -0.05) is 29.8 Å². The summed E-state index contributed by atoms with van der Waals surface area (Å²) in [5.74, 6) is 0.676. The standard InChI is InChI=1S/C21H25N3O3/c1-17-2-4-19(5-3-17)16-27-20-8-6-18(7-9-20)14-22-23-21(25)15-24-10-12-26-13-11-24/h2-9,14H,10-13,15-16H2,1H3,(H,23,25)/b22-14-. The minimum Gasteiger partial charge on any atom is -0.489 e. The molecule has 1 fully saturated rings. The Balaban J connectivity index is 1.42. The summed E-state index contributed by atoms with van der Waals surface area (Å²) in [4.78, 5) is 13.9. The molecule has 1 aliphatic rings. The van der Waals surface area contributed by atoms with E-state index in [9.17, 15) is 4.79 Å². The maximum absolute atomic E-state index is 11.9. The predicted molar refractivity (Wildman–Crippen MR) is 105 cm³/mol. The Morgan fingerprint density at radius 2 is 1.85 bits per heavy atom. The largest absolute Gasteiger partial charge is 0.489 e. The fraction of sp³-hybridized carbons (Fsp3) is 0.333. The molecule has 0 radical (unpaired) electrons. The van der Waals surface area contributed by atoms with E-state index in [-0.39, 0.29) is 5.91 Å². The second-order valence-electron chi connectivity index (χ2n) is 6.53. The van der Waals surface area contributed by atoms with Crippen LogP contribution in [0.15, 0.2) is 53.6 Å². The molecule has 0 aromatic heterocycles. The van der Waals surface area contributed by atoms with Crippen molar-refractivity contribution < 1.29 is 14.3 Å². The molecule has 27 heavy (non-hydrogen) atoms. The second kappa shape index (κ2) is 9.85. The molecule has 0 spiro atoms. The predicted octanol–water partition coefficient (Wildman–Crippen LogP) is 2.36. The summed E-state index contributed by atoms with van der Waals surface area (Å²) in [6.45, 7) is 5.85. The summed E-state index contributed by atoms with van der Waals surface area (Å²) in [5, 5.41) is 4.02. The van der Waals surface area contributed by atoms with Crippen molar-refractivity contribution in [3.63, 3.8) is 0 Å².